The number of pyridine rings is 3. The molecule has 0 aliphatic heterocycles. The van der Waals surface area contributed by atoms with E-state index in [-0.39, 0.29) is 0 Å². The van der Waals surface area contributed by atoms with Crippen LogP contribution in [0.5, 0.6) is 0 Å². The van der Waals surface area contributed by atoms with Gasteiger partial charge in [-0.1, -0.05) is 36.4 Å². The topological polar surface area (TPSA) is 43.1 Å². The molecule has 4 heteroatoms. The number of hydrogen-bond acceptors (Lipinski definition) is 3. The maximum Gasteiger partial charge on any atom is 0.147 e. The lowest BCUT2D eigenvalue weighted by Gasteiger charge is -2.09. The van der Waals surface area contributed by atoms with Gasteiger partial charge in [0.05, 0.1) is 11.0 Å². The average molecular weight is 447 g/mol. The van der Waals surface area contributed by atoms with Crippen molar-refractivity contribution in [3.05, 3.63) is 108 Å². The first kappa shape index (κ1) is 17.8. The molecule has 35 heavy (non-hydrogen) atoms. The maximum atomic E-state index is 5.13. The van der Waals surface area contributed by atoms with Crippen LogP contribution in [0.15, 0.2) is 85.3 Å². The summed E-state index contributed by atoms with van der Waals surface area (Å²) in [6.45, 7) is 0. The molecule has 0 N–H and O–H groups in total. The SMILES string of the molecule is c1ccc2c(c1)Cc1c-2ccc2c1Cc1cc3nc4c5ccncc5c5cccnc5n4c3cc1-2. The van der Waals surface area contributed by atoms with E-state index in [9.17, 15) is 0 Å². The minimum absolute atomic E-state index is 0.924. The van der Waals surface area contributed by atoms with Crippen molar-refractivity contribution in [3.63, 3.8) is 0 Å². The second kappa shape index (κ2) is 6.10. The van der Waals surface area contributed by atoms with Gasteiger partial charge in [-0.15, -0.1) is 0 Å². The Balaban J connectivity index is 1.36. The number of fused-ring (bicyclic) bond motifs is 15. The molecule has 0 spiro atoms. The molecule has 9 rings (SSSR count). The van der Waals surface area contributed by atoms with Gasteiger partial charge in [0.25, 0.3) is 0 Å². The van der Waals surface area contributed by atoms with Crippen molar-refractivity contribution in [2.24, 2.45) is 0 Å². The van der Waals surface area contributed by atoms with Crippen molar-refractivity contribution in [2.45, 2.75) is 12.8 Å². The predicted octanol–water partition coefficient (Wildman–Crippen LogP) is 6.73. The van der Waals surface area contributed by atoms with Crippen LogP contribution in [0, 0.1) is 0 Å². The molecule has 0 unspecified atom stereocenters. The highest BCUT2D eigenvalue weighted by atomic mass is 15.1. The van der Waals surface area contributed by atoms with Gasteiger partial charge in [-0.25, -0.2) is 9.97 Å². The number of benzene rings is 3. The van der Waals surface area contributed by atoms with Crippen LogP contribution in [0.3, 0.4) is 0 Å². The normalized spacial score (nSPS) is 13.5. The van der Waals surface area contributed by atoms with E-state index in [4.69, 9.17) is 9.97 Å². The van der Waals surface area contributed by atoms with Crippen molar-refractivity contribution in [1.29, 1.82) is 0 Å². The largest absolute Gasteiger partial charge is 0.276 e. The van der Waals surface area contributed by atoms with Gasteiger partial charge >= 0.3 is 0 Å². The second-order valence-corrected chi connectivity index (χ2v) is 9.69. The van der Waals surface area contributed by atoms with E-state index in [2.05, 4.69) is 70.0 Å². The summed E-state index contributed by atoms with van der Waals surface area (Å²) >= 11 is 0. The van der Waals surface area contributed by atoms with Gasteiger partial charge in [0.15, 0.2) is 0 Å². The van der Waals surface area contributed by atoms with Crippen molar-refractivity contribution in [2.75, 3.05) is 0 Å². The van der Waals surface area contributed by atoms with Gasteiger partial charge in [-0.05, 0) is 87.7 Å². The summed E-state index contributed by atoms with van der Waals surface area (Å²) in [5.74, 6) is 0. The van der Waals surface area contributed by atoms with Gasteiger partial charge < -0.3 is 0 Å². The third kappa shape index (κ3) is 2.15. The Morgan fingerprint density at radius 1 is 0.629 bits per heavy atom. The summed E-state index contributed by atoms with van der Waals surface area (Å²) < 4.78 is 2.23. The Morgan fingerprint density at radius 2 is 1.46 bits per heavy atom. The fraction of sp³-hybridized carbons (Fsp3) is 0.0645. The van der Waals surface area contributed by atoms with E-state index >= 15 is 0 Å². The lowest BCUT2D eigenvalue weighted by Crippen LogP contribution is -1.94. The average Bonchev–Trinajstić information content (AvgIpc) is 3.58. The lowest BCUT2D eigenvalue weighted by atomic mass is 9.96. The Labute approximate surface area is 200 Å². The molecule has 0 fully saturated rings. The summed E-state index contributed by atoms with van der Waals surface area (Å²) in [7, 11) is 0. The summed E-state index contributed by atoms with van der Waals surface area (Å²) in [4.78, 5) is 14.3. The molecule has 0 radical (unpaired) electrons. The van der Waals surface area contributed by atoms with Crippen molar-refractivity contribution >= 4 is 38.5 Å². The minimum atomic E-state index is 0.924. The van der Waals surface area contributed by atoms with Gasteiger partial charge in [0.2, 0.25) is 0 Å². The van der Waals surface area contributed by atoms with E-state index < -0.39 is 0 Å². The van der Waals surface area contributed by atoms with Crippen LogP contribution in [0.2, 0.25) is 0 Å². The highest BCUT2D eigenvalue weighted by Crippen LogP contribution is 2.47. The van der Waals surface area contributed by atoms with Crippen LogP contribution in [0.4, 0.5) is 0 Å². The number of nitrogens with zero attached hydrogens (tertiary/aromatic N) is 4. The maximum absolute atomic E-state index is 5.13. The van der Waals surface area contributed by atoms with Crippen LogP contribution in [0.1, 0.15) is 22.3 Å². The molecule has 162 valence electrons. The highest BCUT2D eigenvalue weighted by molar-refractivity contribution is 6.12. The fourth-order valence-corrected chi connectivity index (χ4v) is 6.47. The summed E-state index contributed by atoms with van der Waals surface area (Å²) in [5.41, 5.74) is 15.3. The molecule has 4 heterocycles. The summed E-state index contributed by atoms with van der Waals surface area (Å²) in [6, 6.07) is 24.3. The monoisotopic (exact) mass is 446 g/mol. The first-order chi connectivity index (χ1) is 17.3. The first-order valence-corrected chi connectivity index (χ1v) is 12.0. The molecule has 4 nitrogen and oxygen atoms in total. The molecule has 0 amide bonds. The van der Waals surface area contributed by atoms with Crippen LogP contribution in [0.25, 0.3) is 60.7 Å². The lowest BCUT2D eigenvalue weighted by molar-refractivity contribution is 1.16. The van der Waals surface area contributed by atoms with Gasteiger partial charge in [0, 0.05) is 34.7 Å². The molecule has 3 aromatic carbocycles. The molecule has 7 aromatic rings. The summed E-state index contributed by atoms with van der Waals surface area (Å²) in [5, 5.41) is 3.29. The zero-order chi connectivity index (χ0) is 22.7. The number of aromatic nitrogens is 4. The van der Waals surface area contributed by atoms with Gasteiger partial charge in [-0.3, -0.25) is 9.38 Å². The molecule has 2 aliphatic rings. The van der Waals surface area contributed by atoms with E-state index in [0.29, 0.717) is 0 Å². The van der Waals surface area contributed by atoms with E-state index in [1.165, 1.54) is 44.5 Å². The Kier molecular flexibility index (Phi) is 3.11. The third-order valence-corrected chi connectivity index (χ3v) is 7.99. The fourth-order valence-electron chi connectivity index (χ4n) is 6.47. The Morgan fingerprint density at radius 3 is 2.40 bits per heavy atom. The van der Waals surface area contributed by atoms with Crippen LogP contribution in [-0.4, -0.2) is 19.4 Å². The smallest absolute Gasteiger partial charge is 0.147 e. The molecular weight excluding hydrogens is 428 g/mol. The van der Waals surface area contributed by atoms with Crippen LogP contribution < -0.4 is 0 Å². The van der Waals surface area contributed by atoms with Crippen LogP contribution >= 0.6 is 0 Å². The second-order valence-electron chi connectivity index (χ2n) is 9.69. The third-order valence-electron chi connectivity index (χ3n) is 7.99. The molecule has 2 aliphatic carbocycles. The molecule has 0 bridgehead atoms. The zero-order valence-corrected chi connectivity index (χ0v) is 18.8. The Bertz CT molecular complexity index is 2070. The summed E-state index contributed by atoms with van der Waals surface area (Å²) in [6.07, 6.45) is 7.62. The number of hydrogen-bond donors (Lipinski definition) is 0. The Hall–Kier alpha value is -4.57. The van der Waals surface area contributed by atoms with E-state index in [1.54, 1.807) is 0 Å². The molecule has 0 saturated carbocycles. The van der Waals surface area contributed by atoms with Crippen LogP contribution in [-0.2, 0) is 12.8 Å². The van der Waals surface area contributed by atoms with Crippen molar-refractivity contribution < 1.29 is 0 Å². The van der Waals surface area contributed by atoms with Crippen molar-refractivity contribution in [1.82, 2.24) is 19.4 Å². The van der Waals surface area contributed by atoms with E-state index in [0.717, 1.165) is 51.3 Å². The van der Waals surface area contributed by atoms with Gasteiger partial charge in [-0.2, -0.15) is 0 Å². The molecule has 0 atom stereocenters. The highest BCUT2D eigenvalue weighted by Gasteiger charge is 2.28. The first-order valence-electron chi connectivity index (χ1n) is 12.0. The zero-order valence-electron chi connectivity index (χ0n) is 18.8. The molecule has 0 saturated heterocycles. The molecule has 4 aromatic heterocycles. The standard InChI is InChI=1S/C31H18N4/c1-2-5-19-17(4-1)12-25-20(19)7-8-21-24-15-29-28(14-18(24)13-26(21)25)34-31-23-9-11-32-16-27(23)22-6-3-10-33-30(22)35(29)31/h1-11,14-16H,12-13H2. The quantitative estimate of drug-likeness (QED) is 0.243. The number of rotatable bonds is 0. The van der Waals surface area contributed by atoms with Gasteiger partial charge in [0.1, 0.15) is 11.3 Å². The van der Waals surface area contributed by atoms with Crippen molar-refractivity contribution in [3.8, 4) is 22.3 Å². The molecular formula is C31H18N4. The predicted molar refractivity (Wildman–Crippen MR) is 140 cm³/mol. The minimum Gasteiger partial charge on any atom is -0.276 e. The number of imidazole rings is 1. The van der Waals surface area contributed by atoms with E-state index in [1.807, 2.05) is 24.7 Å².